The van der Waals surface area contributed by atoms with Crippen LogP contribution in [0.4, 0.5) is 0 Å². The van der Waals surface area contributed by atoms with Crippen molar-refractivity contribution < 1.29 is 9.21 Å². The predicted molar refractivity (Wildman–Crippen MR) is 75.8 cm³/mol. The van der Waals surface area contributed by atoms with E-state index in [2.05, 4.69) is 36.8 Å². The summed E-state index contributed by atoms with van der Waals surface area (Å²) in [6.45, 7) is 0. The molecule has 3 rings (SSSR count). The van der Waals surface area contributed by atoms with Gasteiger partial charge in [0.15, 0.2) is 10.5 Å². The molecule has 0 aliphatic carbocycles. The zero-order chi connectivity index (χ0) is 12.7. The third-order valence-electron chi connectivity index (χ3n) is 2.76. The predicted octanol–water partition coefficient (Wildman–Crippen LogP) is 4.52. The summed E-state index contributed by atoms with van der Waals surface area (Å²) >= 11 is 6.70. The second-order valence-electron chi connectivity index (χ2n) is 3.80. The van der Waals surface area contributed by atoms with E-state index in [0.717, 1.165) is 15.4 Å². The van der Waals surface area contributed by atoms with Gasteiger partial charge in [-0.25, -0.2) is 0 Å². The number of hydrogen-bond donors (Lipinski definition) is 1. The Morgan fingerprint density at radius 1 is 1.17 bits per heavy atom. The zero-order valence-corrected chi connectivity index (χ0v) is 12.2. The van der Waals surface area contributed by atoms with E-state index >= 15 is 0 Å². The van der Waals surface area contributed by atoms with E-state index in [-0.39, 0.29) is 5.78 Å². The molecule has 0 amide bonds. The third-order valence-corrected chi connectivity index (χ3v) is 4.04. The Balaban J connectivity index is 2.22. The van der Waals surface area contributed by atoms with Gasteiger partial charge in [0.1, 0.15) is 0 Å². The fraction of sp³-hybridized carbons (Fsp3) is 0. The van der Waals surface area contributed by atoms with Gasteiger partial charge in [-0.05, 0) is 34.1 Å². The molecule has 3 nitrogen and oxygen atoms in total. The smallest absolute Gasteiger partial charge is 0.199 e. The Labute approximate surface area is 119 Å². The van der Waals surface area contributed by atoms with Gasteiger partial charge < -0.3 is 9.40 Å². The number of carbonyl (C=O) groups excluding carboxylic acids is 1. The number of carbonyl (C=O) groups is 1. The van der Waals surface area contributed by atoms with E-state index in [1.807, 2.05) is 18.2 Å². The van der Waals surface area contributed by atoms with Gasteiger partial charge in [-0.2, -0.15) is 0 Å². The van der Waals surface area contributed by atoms with Crippen LogP contribution in [0.25, 0.3) is 10.9 Å². The van der Waals surface area contributed by atoms with Gasteiger partial charge in [0.05, 0.1) is 11.8 Å². The summed E-state index contributed by atoms with van der Waals surface area (Å²) in [7, 11) is 0. The molecule has 1 N–H and O–H groups in total. The molecule has 3 aromatic rings. The Hall–Kier alpha value is -1.33. The summed E-state index contributed by atoms with van der Waals surface area (Å²) in [4.78, 5) is 15.5. The number of aromatic nitrogens is 1. The van der Waals surface area contributed by atoms with E-state index in [0.29, 0.717) is 15.8 Å². The molecular weight excluding hydrogens is 362 g/mol. The average molecular weight is 369 g/mol. The first kappa shape index (κ1) is 11.7. The monoisotopic (exact) mass is 367 g/mol. The van der Waals surface area contributed by atoms with Crippen LogP contribution in [-0.4, -0.2) is 10.8 Å². The number of nitrogens with one attached hydrogen (secondary N) is 1. The molecule has 0 atom stereocenters. The van der Waals surface area contributed by atoms with E-state index in [9.17, 15) is 4.79 Å². The first-order valence-corrected chi connectivity index (χ1v) is 6.80. The molecule has 0 fully saturated rings. The second kappa shape index (κ2) is 4.40. The minimum atomic E-state index is -0.0752. The van der Waals surface area contributed by atoms with E-state index in [1.165, 1.54) is 6.26 Å². The Kier molecular flexibility index (Phi) is 2.87. The van der Waals surface area contributed by atoms with Gasteiger partial charge in [0.25, 0.3) is 0 Å². The van der Waals surface area contributed by atoms with Crippen molar-refractivity contribution in [2.24, 2.45) is 0 Å². The van der Waals surface area contributed by atoms with Crippen LogP contribution in [0, 0.1) is 0 Å². The Bertz CT molecular complexity index is 742. The molecule has 0 radical (unpaired) electrons. The largest absolute Gasteiger partial charge is 0.457 e. The molecule has 0 spiro atoms. The highest BCUT2D eigenvalue weighted by atomic mass is 79.9. The number of ketones is 1. The van der Waals surface area contributed by atoms with E-state index < -0.39 is 0 Å². The molecule has 0 unspecified atom stereocenters. The highest BCUT2D eigenvalue weighted by Gasteiger charge is 2.19. The SMILES string of the molecule is O=C(c1ccoc1Br)c1c[nH]c2cccc(Br)c12. The lowest BCUT2D eigenvalue weighted by Gasteiger charge is -1.99. The maximum absolute atomic E-state index is 12.4. The standard InChI is InChI=1S/C13H7Br2NO2/c14-9-2-1-3-10-11(9)8(6-16-10)12(17)7-4-5-18-13(7)15/h1-6,16H. The summed E-state index contributed by atoms with van der Waals surface area (Å²) < 4.78 is 6.45. The molecule has 0 aliphatic heterocycles. The lowest BCUT2D eigenvalue weighted by Crippen LogP contribution is -1.99. The van der Waals surface area contributed by atoms with Gasteiger partial charge in [0, 0.05) is 27.1 Å². The Morgan fingerprint density at radius 3 is 2.72 bits per heavy atom. The molecule has 18 heavy (non-hydrogen) atoms. The minimum absolute atomic E-state index is 0.0752. The number of hydrogen-bond acceptors (Lipinski definition) is 2. The quantitative estimate of drug-likeness (QED) is 0.676. The molecule has 0 saturated heterocycles. The lowest BCUT2D eigenvalue weighted by atomic mass is 10.1. The summed E-state index contributed by atoms with van der Waals surface area (Å²) in [6.07, 6.45) is 3.21. The summed E-state index contributed by atoms with van der Waals surface area (Å²) in [5.74, 6) is -0.0752. The number of benzene rings is 1. The van der Waals surface area contributed by atoms with Crippen LogP contribution in [0.15, 0.2) is 50.3 Å². The van der Waals surface area contributed by atoms with Crippen LogP contribution in [0.2, 0.25) is 0 Å². The highest BCUT2D eigenvalue weighted by Crippen LogP contribution is 2.30. The summed E-state index contributed by atoms with van der Waals surface area (Å²) in [6, 6.07) is 7.42. The number of aromatic amines is 1. The molecule has 5 heteroatoms. The van der Waals surface area contributed by atoms with Gasteiger partial charge in [-0.3, -0.25) is 4.79 Å². The fourth-order valence-corrected chi connectivity index (χ4v) is 2.92. The van der Waals surface area contributed by atoms with Crippen LogP contribution < -0.4 is 0 Å². The van der Waals surface area contributed by atoms with Crippen molar-refractivity contribution in [3.8, 4) is 0 Å². The number of furan rings is 1. The number of rotatable bonds is 2. The van der Waals surface area contributed by atoms with Crippen molar-refractivity contribution in [3.05, 3.63) is 57.0 Å². The number of H-pyrrole nitrogens is 1. The number of fused-ring (bicyclic) bond motifs is 1. The fourth-order valence-electron chi connectivity index (χ4n) is 1.92. The maximum Gasteiger partial charge on any atom is 0.199 e. The first-order valence-electron chi connectivity index (χ1n) is 5.22. The van der Waals surface area contributed by atoms with Crippen LogP contribution in [0.5, 0.6) is 0 Å². The third kappa shape index (κ3) is 1.74. The Morgan fingerprint density at radius 2 is 2.00 bits per heavy atom. The maximum atomic E-state index is 12.4. The molecule has 0 saturated carbocycles. The summed E-state index contributed by atoms with van der Waals surface area (Å²) in [5.41, 5.74) is 2.07. The van der Waals surface area contributed by atoms with E-state index in [4.69, 9.17) is 4.42 Å². The van der Waals surface area contributed by atoms with Gasteiger partial charge in [0.2, 0.25) is 0 Å². The average Bonchev–Trinajstić information content (AvgIpc) is 2.95. The van der Waals surface area contributed by atoms with Crippen LogP contribution in [-0.2, 0) is 0 Å². The van der Waals surface area contributed by atoms with Gasteiger partial charge in [-0.1, -0.05) is 22.0 Å². The van der Waals surface area contributed by atoms with Crippen molar-refractivity contribution in [2.75, 3.05) is 0 Å². The van der Waals surface area contributed by atoms with Crippen molar-refractivity contribution in [1.29, 1.82) is 0 Å². The van der Waals surface area contributed by atoms with Crippen molar-refractivity contribution in [1.82, 2.24) is 4.98 Å². The van der Waals surface area contributed by atoms with Crippen LogP contribution in [0.3, 0.4) is 0 Å². The molecule has 0 aliphatic rings. The van der Waals surface area contributed by atoms with Crippen molar-refractivity contribution >= 4 is 48.5 Å². The van der Waals surface area contributed by atoms with Gasteiger partial charge >= 0.3 is 0 Å². The molecule has 90 valence electrons. The summed E-state index contributed by atoms with van der Waals surface area (Å²) in [5, 5.41) is 0.885. The molecule has 0 bridgehead atoms. The number of halogens is 2. The van der Waals surface area contributed by atoms with Crippen LogP contribution in [0.1, 0.15) is 15.9 Å². The molecular formula is C13H7Br2NO2. The van der Waals surface area contributed by atoms with Gasteiger partial charge in [-0.15, -0.1) is 0 Å². The van der Waals surface area contributed by atoms with Crippen molar-refractivity contribution in [3.63, 3.8) is 0 Å². The normalized spacial score (nSPS) is 11.0. The minimum Gasteiger partial charge on any atom is -0.457 e. The van der Waals surface area contributed by atoms with E-state index in [1.54, 1.807) is 12.3 Å². The highest BCUT2D eigenvalue weighted by molar-refractivity contribution is 9.10. The first-order chi connectivity index (χ1) is 8.68. The van der Waals surface area contributed by atoms with Crippen molar-refractivity contribution in [2.45, 2.75) is 0 Å². The molecule has 1 aromatic carbocycles. The molecule has 2 heterocycles. The van der Waals surface area contributed by atoms with Crippen LogP contribution >= 0.6 is 31.9 Å². The lowest BCUT2D eigenvalue weighted by molar-refractivity contribution is 0.103. The zero-order valence-electron chi connectivity index (χ0n) is 9.04. The molecule has 2 aromatic heterocycles. The second-order valence-corrected chi connectivity index (χ2v) is 5.38. The topological polar surface area (TPSA) is 46.0 Å².